The fourth-order valence-corrected chi connectivity index (χ4v) is 5.31. The number of methoxy groups -OCH3 is 1. The maximum atomic E-state index is 13.1. The van der Waals surface area contributed by atoms with E-state index in [4.69, 9.17) is 18.7 Å². The molecule has 8 nitrogen and oxygen atoms in total. The van der Waals surface area contributed by atoms with Crippen LogP contribution in [0.3, 0.4) is 0 Å². The number of ether oxygens (including phenoxy) is 2. The molecule has 1 heterocycles. The zero-order valence-electron chi connectivity index (χ0n) is 16.2. The van der Waals surface area contributed by atoms with Crippen LogP contribution in [0.2, 0.25) is 0 Å². The second-order valence-corrected chi connectivity index (χ2v) is 10.5. The van der Waals surface area contributed by atoms with Gasteiger partial charge in [0, 0.05) is 18.2 Å². The van der Waals surface area contributed by atoms with Crippen molar-refractivity contribution in [2.24, 2.45) is 5.92 Å². The first kappa shape index (κ1) is 23.5. The molecular weight excluding hydrogens is 475 g/mol. The van der Waals surface area contributed by atoms with Crippen LogP contribution in [-0.2, 0) is 33.4 Å². The van der Waals surface area contributed by atoms with Crippen molar-refractivity contribution in [3.63, 3.8) is 0 Å². The topological polar surface area (TPSA) is 101 Å². The van der Waals surface area contributed by atoms with Gasteiger partial charge in [-0.05, 0) is 30.2 Å². The Hall–Kier alpha value is -0.740. The molecule has 1 aliphatic heterocycles. The number of rotatable bonds is 9. The Labute approximate surface area is 174 Å². The summed E-state index contributed by atoms with van der Waals surface area (Å²) in [7, 11) is -2.88. The molecule has 0 aromatic heterocycles. The highest BCUT2D eigenvalue weighted by molar-refractivity contribution is 9.10. The first-order chi connectivity index (χ1) is 13.1. The minimum absolute atomic E-state index is 0.00970. The Morgan fingerprint density at radius 3 is 2.39 bits per heavy atom. The van der Waals surface area contributed by atoms with Gasteiger partial charge in [0.1, 0.15) is 0 Å². The molecule has 0 saturated heterocycles. The monoisotopic (exact) mass is 498 g/mol. The van der Waals surface area contributed by atoms with Gasteiger partial charge in [-0.25, -0.2) is 13.3 Å². The van der Waals surface area contributed by atoms with E-state index < -0.39 is 35.0 Å². The molecule has 0 spiro atoms. The van der Waals surface area contributed by atoms with Gasteiger partial charge in [-0.1, -0.05) is 29.8 Å². The van der Waals surface area contributed by atoms with Crippen molar-refractivity contribution in [3.05, 3.63) is 40.3 Å². The summed E-state index contributed by atoms with van der Waals surface area (Å²) >= 11 is 3.27. The van der Waals surface area contributed by atoms with Gasteiger partial charge < -0.3 is 19.1 Å². The maximum Gasteiger partial charge on any atom is 0.260 e. The largest absolute Gasteiger partial charge is 0.505 e. The van der Waals surface area contributed by atoms with E-state index in [-0.39, 0.29) is 23.2 Å². The summed E-state index contributed by atoms with van der Waals surface area (Å²) in [5.74, 6) is -0.830. The summed E-state index contributed by atoms with van der Waals surface area (Å²) in [6.07, 6.45) is 0. The van der Waals surface area contributed by atoms with E-state index in [1.807, 2.05) is 13.8 Å². The molecule has 28 heavy (non-hydrogen) atoms. The van der Waals surface area contributed by atoms with Gasteiger partial charge in [0.05, 0.1) is 18.6 Å². The Balaban J connectivity index is 2.54. The van der Waals surface area contributed by atoms with Crippen molar-refractivity contribution in [1.82, 2.24) is 0 Å². The number of benzene rings is 1. The second kappa shape index (κ2) is 9.38. The lowest BCUT2D eigenvalue weighted by Gasteiger charge is -2.34. The fourth-order valence-electron chi connectivity index (χ4n) is 2.83. The first-order valence-corrected chi connectivity index (χ1v) is 12.3. The van der Waals surface area contributed by atoms with Gasteiger partial charge >= 0.3 is 0 Å². The van der Waals surface area contributed by atoms with Gasteiger partial charge in [-0.15, -0.1) is 0 Å². The third kappa shape index (κ3) is 4.53. The lowest BCUT2D eigenvalue weighted by Crippen LogP contribution is -2.44. The molecule has 1 aliphatic rings. The van der Waals surface area contributed by atoms with Crippen molar-refractivity contribution >= 4 is 34.1 Å². The molecule has 3 atom stereocenters. The molecular formula is C17H24BrO8PS. The van der Waals surface area contributed by atoms with Gasteiger partial charge in [0.2, 0.25) is 15.3 Å². The summed E-state index contributed by atoms with van der Waals surface area (Å²) in [4.78, 5) is 4.63. The van der Waals surface area contributed by atoms with E-state index in [9.17, 15) is 13.5 Å². The normalized spacial score (nSPS) is 24.0. The Kier molecular flexibility index (Phi) is 7.89. The van der Waals surface area contributed by atoms with Crippen LogP contribution in [0.15, 0.2) is 45.2 Å². The van der Waals surface area contributed by atoms with Crippen LogP contribution in [0.25, 0.3) is 0 Å². The predicted molar refractivity (Wildman–Crippen MR) is 107 cm³/mol. The van der Waals surface area contributed by atoms with Gasteiger partial charge in [-0.3, -0.25) is 0 Å². The molecule has 1 aromatic carbocycles. The number of halogens is 1. The molecule has 0 radical (unpaired) electrons. The summed E-state index contributed by atoms with van der Waals surface area (Å²) in [5.41, 5.74) is -2.94. The molecule has 2 rings (SSSR count). The lowest BCUT2D eigenvalue weighted by atomic mass is 9.89. The van der Waals surface area contributed by atoms with Gasteiger partial charge in [-0.2, -0.15) is 4.67 Å². The minimum Gasteiger partial charge on any atom is -0.505 e. The van der Waals surface area contributed by atoms with Crippen LogP contribution in [0.5, 0.6) is 0 Å². The van der Waals surface area contributed by atoms with E-state index in [1.165, 1.54) is 26.4 Å². The van der Waals surface area contributed by atoms with Crippen molar-refractivity contribution < 1.29 is 37.1 Å². The van der Waals surface area contributed by atoms with Crippen molar-refractivity contribution in [2.45, 2.75) is 29.8 Å². The van der Waals surface area contributed by atoms with Crippen molar-refractivity contribution in [3.8, 4) is 0 Å². The van der Waals surface area contributed by atoms with Crippen LogP contribution in [-0.4, -0.2) is 52.1 Å². The third-order valence-electron chi connectivity index (χ3n) is 4.27. The van der Waals surface area contributed by atoms with Gasteiger partial charge in [0.25, 0.3) is 8.38 Å². The van der Waals surface area contributed by atoms with E-state index in [0.717, 1.165) is 4.47 Å². The Bertz CT molecular complexity index is 811. The standard InChI is InChI=1S/C17H24BrO8PS/c1-11(2)17(10-22-3)15(25-27(5)26-23-4)14(19)16(24-17)28(20,21)13-8-6-12(18)7-9-13/h6-9,11,16,19H,10H2,1-5H3. The molecule has 0 fully saturated rings. The first-order valence-electron chi connectivity index (χ1n) is 8.32. The number of aliphatic hydroxyl groups excluding tert-OH is 1. The molecule has 0 amide bonds. The molecule has 3 unspecified atom stereocenters. The molecule has 1 aromatic rings. The highest BCUT2D eigenvalue weighted by Crippen LogP contribution is 2.50. The van der Waals surface area contributed by atoms with E-state index in [0.29, 0.717) is 0 Å². The smallest absolute Gasteiger partial charge is 0.260 e. The average Bonchev–Trinajstić information content (AvgIpc) is 2.90. The Morgan fingerprint density at radius 2 is 1.89 bits per heavy atom. The summed E-state index contributed by atoms with van der Waals surface area (Å²) < 4.78 is 49.0. The Morgan fingerprint density at radius 1 is 1.29 bits per heavy atom. The zero-order valence-corrected chi connectivity index (χ0v) is 19.5. The number of aliphatic hydroxyl groups is 1. The number of hydrogen-bond acceptors (Lipinski definition) is 8. The summed E-state index contributed by atoms with van der Waals surface area (Å²) in [6, 6.07) is 6.07. The maximum absolute atomic E-state index is 13.1. The third-order valence-corrected chi connectivity index (χ3v) is 7.41. The van der Waals surface area contributed by atoms with Crippen LogP contribution in [0, 0.1) is 5.92 Å². The molecule has 11 heteroatoms. The summed E-state index contributed by atoms with van der Waals surface area (Å²) in [5, 5.41) is 10.8. The summed E-state index contributed by atoms with van der Waals surface area (Å²) in [6.45, 7) is 5.22. The minimum atomic E-state index is -4.06. The fraction of sp³-hybridized carbons (Fsp3) is 0.529. The number of hydrogen-bond donors (Lipinski definition) is 1. The molecule has 0 saturated carbocycles. The molecule has 1 N–H and O–H groups in total. The molecule has 0 aliphatic carbocycles. The number of sulfone groups is 1. The molecule has 158 valence electrons. The van der Waals surface area contributed by atoms with Crippen LogP contribution >= 0.6 is 24.3 Å². The lowest BCUT2D eigenvalue weighted by molar-refractivity contribution is -0.178. The quantitative estimate of drug-likeness (QED) is 0.310. The highest BCUT2D eigenvalue weighted by atomic mass is 79.9. The van der Waals surface area contributed by atoms with E-state index in [1.54, 1.807) is 18.8 Å². The SMILES string of the molecule is COCC1(C(C)C)OC(S(=O)(=O)c2ccc(Br)cc2)C(O)=C1OP(C)OOC. The van der Waals surface area contributed by atoms with Crippen LogP contribution in [0.1, 0.15) is 13.8 Å². The van der Waals surface area contributed by atoms with Gasteiger partial charge in [0.15, 0.2) is 17.1 Å². The second-order valence-electron chi connectivity index (χ2n) is 6.41. The molecule has 0 bridgehead atoms. The van der Waals surface area contributed by atoms with Crippen molar-refractivity contribution in [2.75, 3.05) is 27.5 Å². The van der Waals surface area contributed by atoms with E-state index >= 15 is 0 Å². The van der Waals surface area contributed by atoms with Crippen LogP contribution in [0.4, 0.5) is 0 Å². The van der Waals surface area contributed by atoms with E-state index in [2.05, 4.69) is 20.8 Å². The predicted octanol–water partition coefficient (Wildman–Crippen LogP) is 3.93. The average molecular weight is 499 g/mol. The van der Waals surface area contributed by atoms with Crippen molar-refractivity contribution in [1.29, 1.82) is 0 Å². The zero-order chi connectivity index (χ0) is 21.1. The van der Waals surface area contributed by atoms with Crippen LogP contribution < -0.4 is 0 Å². The highest BCUT2D eigenvalue weighted by Gasteiger charge is 2.56.